The zero-order valence-electron chi connectivity index (χ0n) is 18.4. The van der Waals surface area contributed by atoms with Crippen LogP contribution in [0.15, 0.2) is 22.5 Å². The summed E-state index contributed by atoms with van der Waals surface area (Å²) in [6, 6.07) is 4.30. The Morgan fingerprint density at radius 1 is 1.30 bits per heavy atom. The Bertz CT molecular complexity index is 887. The zero-order chi connectivity index (χ0) is 21.5. The van der Waals surface area contributed by atoms with E-state index in [1.54, 1.807) is 11.3 Å². The number of aliphatic imine (C=N–C) groups is 1. The van der Waals surface area contributed by atoms with Gasteiger partial charge in [-0.25, -0.2) is 14.8 Å². The summed E-state index contributed by atoms with van der Waals surface area (Å²) in [6.45, 7) is 7.21. The van der Waals surface area contributed by atoms with Crippen LogP contribution in [-0.2, 0) is 11.2 Å². The maximum absolute atomic E-state index is 12.1. The third kappa shape index (κ3) is 6.29. The summed E-state index contributed by atoms with van der Waals surface area (Å²) < 4.78 is 5.52. The number of amides is 1. The molecule has 0 radical (unpaired) electrons. The van der Waals surface area contributed by atoms with Gasteiger partial charge in [-0.1, -0.05) is 12.5 Å². The largest absolute Gasteiger partial charge is 0.446 e. The van der Waals surface area contributed by atoms with Gasteiger partial charge in [0.1, 0.15) is 11.9 Å². The molecule has 0 aliphatic heterocycles. The molecule has 1 heterocycles. The highest BCUT2D eigenvalue weighted by Gasteiger charge is 2.18. The quantitative estimate of drug-likeness (QED) is 0.444. The Morgan fingerprint density at radius 2 is 2.07 bits per heavy atom. The molecular weight excluding hydrogens is 396 g/mol. The van der Waals surface area contributed by atoms with E-state index in [-0.39, 0.29) is 6.10 Å². The number of hydrogen-bond acceptors (Lipinski definition) is 5. The molecule has 1 N–H and O–H groups in total. The number of nitrogens with zero attached hydrogens (tertiary/aromatic N) is 3. The maximum Gasteiger partial charge on any atom is 0.413 e. The number of aromatic nitrogens is 1. The molecule has 6 nitrogen and oxygen atoms in total. The number of anilines is 1. The van der Waals surface area contributed by atoms with E-state index in [0.717, 1.165) is 54.9 Å². The van der Waals surface area contributed by atoms with Gasteiger partial charge in [-0.05, 0) is 69.2 Å². The summed E-state index contributed by atoms with van der Waals surface area (Å²) in [5, 5.41) is 5.62. The molecule has 3 rings (SSSR count). The molecule has 0 spiro atoms. The van der Waals surface area contributed by atoms with Crippen molar-refractivity contribution in [1.29, 1.82) is 0 Å². The van der Waals surface area contributed by atoms with E-state index in [2.05, 4.69) is 48.2 Å². The average Bonchev–Trinajstić information content (AvgIpc) is 3.16. The van der Waals surface area contributed by atoms with E-state index >= 15 is 0 Å². The highest BCUT2D eigenvalue weighted by Crippen LogP contribution is 2.27. The molecule has 7 heteroatoms. The fourth-order valence-electron chi connectivity index (χ4n) is 3.51. The zero-order valence-corrected chi connectivity index (χ0v) is 19.2. The van der Waals surface area contributed by atoms with Crippen LogP contribution >= 0.6 is 11.3 Å². The normalized spacial score (nSPS) is 14.8. The third-order valence-corrected chi connectivity index (χ3v) is 6.35. The van der Waals surface area contributed by atoms with Gasteiger partial charge in [-0.3, -0.25) is 5.32 Å². The van der Waals surface area contributed by atoms with Crippen LogP contribution in [0, 0.1) is 13.8 Å². The fourth-order valence-corrected chi connectivity index (χ4v) is 4.26. The van der Waals surface area contributed by atoms with Crippen molar-refractivity contribution in [1.82, 2.24) is 9.88 Å². The van der Waals surface area contributed by atoms with Gasteiger partial charge in [0.05, 0.1) is 17.0 Å². The monoisotopic (exact) mass is 428 g/mol. The van der Waals surface area contributed by atoms with Gasteiger partial charge in [0.25, 0.3) is 0 Å². The van der Waals surface area contributed by atoms with Gasteiger partial charge >= 0.3 is 6.09 Å². The van der Waals surface area contributed by atoms with Crippen molar-refractivity contribution in [2.24, 2.45) is 4.99 Å². The molecule has 1 amide bonds. The molecule has 30 heavy (non-hydrogen) atoms. The van der Waals surface area contributed by atoms with Crippen LogP contribution in [0.1, 0.15) is 60.7 Å². The Hall–Kier alpha value is -2.41. The van der Waals surface area contributed by atoms with Gasteiger partial charge in [0.15, 0.2) is 0 Å². The average molecular weight is 429 g/mol. The third-order valence-electron chi connectivity index (χ3n) is 5.50. The lowest BCUT2D eigenvalue weighted by atomic mass is 9.98. The number of ether oxygens (including phenoxy) is 1. The standard InChI is InChI=1S/C23H32N4O2S/c1-5-27(4)15-24-20-12-16(2)18(11-17(20)3)13-22-25-21(14-30-22)26-23(28)29-19-9-7-6-8-10-19/h11-12,14-15,19H,5-10,13H2,1-4H3,(H,26,28)/b24-15+. The number of rotatable bonds is 7. The lowest BCUT2D eigenvalue weighted by Gasteiger charge is -2.21. The highest BCUT2D eigenvalue weighted by atomic mass is 32.1. The van der Waals surface area contributed by atoms with E-state index in [1.807, 2.05) is 23.7 Å². The lowest BCUT2D eigenvalue weighted by molar-refractivity contribution is 0.0864. The maximum atomic E-state index is 12.1. The first-order chi connectivity index (χ1) is 14.4. The van der Waals surface area contributed by atoms with Gasteiger partial charge in [-0.15, -0.1) is 11.3 Å². The second-order valence-electron chi connectivity index (χ2n) is 7.98. The van der Waals surface area contributed by atoms with Gasteiger partial charge in [0, 0.05) is 25.4 Å². The summed E-state index contributed by atoms with van der Waals surface area (Å²) in [5.74, 6) is 0.564. The molecule has 1 saturated carbocycles. The summed E-state index contributed by atoms with van der Waals surface area (Å²) in [4.78, 5) is 23.3. The molecular formula is C23H32N4O2S. The van der Waals surface area contributed by atoms with Crippen molar-refractivity contribution >= 4 is 35.3 Å². The SMILES string of the molecule is CCN(C)/C=N/c1cc(C)c(Cc2nc(NC(=O)OC3CCCCC3)cs2)cc1C. The van der Waals surface area contributed by atoms with Gasteiger partial charge in [0.2, 0.25) is 0 Å². The summed E-state index contributed by atoms with van der Waals surface area (Å²) in [7, 11) is 2.01. The fraction of sp³-hybridized carbons (Fsp3) is 0.522. The second-order valence-corrected chi connectivity index (χ2v) is 8.92. The molecule has 0 bridgehead atoms. The van der Waals surface area contributed by atoms with Crippen LogP contribution in [0.3, 0.4) is 0 Å². The van der Waals surface area contributed by atoms with Crippen molar-refractivity contribution in [3.8, 4) is 0 Å². The molecule has 0 unspecified atom stereocenters. The van der Waals surface area contributed by atoms with Crippen molar-refractivity contribution in [3.63, 3.8) is 0 Å². The predicted octanol–water partition coefficient (Wildman–Crippen LogP) is 5.84. The highest BCUT2D eigenvalue weighted by molar-refractivity contribution is 7.10. The van der Waals surface area contributed by atoms with E-state index in [0.29, 0.717) is 5.82 Å². The van der Waals surface area contributed by atoms with Crippen LogP contribution in [0.2, 0.25) is 0 Å². The molecule has 1 aliphatic carbocycles. The van der Waals surface area contributed by atoms with Crippen LogP contribution in [0.25, 0.3) is 0 Å². The molecule has 1 fully saturated rings. The van der Waals surface area contributed by atoms with Crippen LogP contribution in [-0.4, -0.2) is 42.0 Å². The van der Waals surface area contributed by atoms with Crippen LogP contribution in [0.4, 0.5) is 16.3 Å². The summed E-state index contributed by atoms with van der Waals surface area (Å²) >= 11 is 1.55. The molecule has 0 saturated heterocycles. The summed E-state index contributed by atoms with van der Waals surface area (Å²) in [5.41, 5.74) is 4.54. The van der Waals surface area contributed by atoms with E-state index in [4.69, 9.17) is 4.74 Å². The first-order valence-corrected chi connectivity index (χ1v) is 11.6. The number of benzene rings is 1. The lowest BCUT2D eigenvalue weighted by Crippen LogP contribution is -2.24. The Kier molecular flexibility index (Phi) is 7.85. The minimum Gasteiger partial charge on any atom is -0.446 e. The number of carbonyl (C=O) groups is 1. The molecule has 0 atom stereocenters. The number of hydrogen-bond donors (Lipinski definition) is 1. The van der Waals surface area contributed by atoms with Crippen LogP contribution < -0.4 is 5.32 Å². The molecule has 162 valence electrons. The number of carbonyl (C=O) groups excluding carboxylic acids is 1. The second kappa shape index (κ2) is 10.6. The molecule has 1 aromatic carbocycles. The molecule has 1 aromatic heterocycles. The smallest absolute Gasteiger partial charge is 0.413 e. The number of aryl methyl sites for hydroxylation is 2. The minimum atomic E-state index is -0.398. The number of thiazole rings is 1. The Labute approximate surface area is 183 Å². The predicted molar refractivity (Wildman–Crippen MR) is 124 cm³/mol. The molecule has 1 aliphatic rings. The van der Waals surface area contributed by atoms with Crippen LogP contribution in [0.5, 0.6) is 0 Å². The van der Waals surface area contributed by atoms with Crippen molar-refractivity contribution in [2.75, 3.05) is 18.9 Å². The van der Waals surface area contributed by atoms with Gasteiger partial charge < -0.3 is 9.64 Å². The van der Waals surface area contributed by atoms with E-state index < -0.39 is 6.09 Å². The molecule has 2 aromatic rings. The Balaban J connectivity index is 1.60. The topological polar surface area (TPSA) is 66.8 Å². The van der Waals surface area contributed by atoms with Gasteiger partial charge in [-0.2, -0.15) is 0 Å². The van der Waals surface area contributed by atoms with Crippen molar-refractivity contribution in [3.05, 3.63) is 39.2 Å². The summed E-state index contributed by atoms with van der Waals surface area (Å²) in [6.07, 6.45) is 7.67. The first kappa shape index (κ1) is 22.3. The minimum absolute atomic E-state index is 0.0424. The first-order valence-electron chi connectivity index (χ1n) is 10.7. The van der Waals surface area contributed by atoms with Crippen molar-refractivity contribution < 1.29 is 9.53 Å². The van der Waals surface area contributed by atoms with E-state index in [9.17, 15) is 4.79 Å². The number of nitrogens with one attached hydrogen (secondary N) is 1. The van der Waals surface area contributed by atoms with Crippen molar-refractivity contribution in [2.45, 2.75) is 65.4 Å². The van der Waals surface area contributed by atoms with E-state index in [1.165, 1.54) is 17.5 Å². The Morgan fingerprint density at radius 3 is 2.80 bits per heavy atom.